The number of carbonyl (C=O) groups is 4. The maximum absolute atomic E-state index is 13.0. The lowest BCUT2D eigenvalue weighted by atomic mass is 9.96. The summed E-state index contributed by atoms with van der Waals surface area (Å²) in [7, 11) is 0. The number of nitrogens with zero attached hydrogens (tertiary/aromatic N) is 1. The van der Waals surface area contributed by atoms with Gasteiger partial charge in [0.2, 0.25) is 16.5 Å². The molecule has 5 atom stereocenters. The number of unbranched alkanes of at least 4 members (excludes halogenated alkanes) is 1. The topological polar surface area (TPSA) is 136 Å². The van der Waals surface area contributed by atoms with E-state index in [1.165, 1.54) is 6.92 Å². The van der Waals surface area contributed by atoms with Crippen LogP contribution in [0.1, 0.15) is 47.0 Å². The summed E-state index contributed by atoms with van der Waals surface area (Å²) < 4.78 is 18.0. The van der Waals surface area contributed by atoms with Gasteiger partial charge >= 0.3 is 11.9 Å². The third kappa shape index (κ3) is 6.20. The van der Waals surface area contributed by atoms with Crippen molar-refractivity contribution in [3.05, 3.63) is 12.2 Å². The predicted octanol–water partition coefficient (Wildman–Crippen LogP) is 0.807. The summed E-state index contributed by atoms with van der Waals surface area (Å²) in [6, 6.07) is -1.16. The molecule has 1 aliphatic rings. The monoisotopic (exact) mass is 430 g/mol. The van der Waals surface area contributed by atoms with Crippen LogP contribution in [0, 0.1) is 5.92 Å². The fourth-order valence-electron chi connectivity index (χ4n) is 2.98. The van der Waals surface area contributed by atoms with Gasteiger partial charge in [-0.05, 0) is 37.9 Å². The van der Waals surface area contributed by atoms with Crippen LogP contribution in [0.2, 0.25) is 0 Å². The van der Waals surface area contributed by atoms with E-state index >= 15 is 0 Å². The molecule has 9 nitrogen and oxygen atoms in total. The number of amides is 2. The summed E-state index contributed by atoms with van der Waals surface area (Å²) in [4.78, 5) is 49.0. The van der Waals surface area contributed by atoms with Crippen LogP contribution in [-0.2, 0) is 35.1 Å². The SMILES string of the molecule is C=C(C)C(CC)C(=O)NC1C(=O)N(CC(=O)O)C1[S+]([O-])C(C)C(=O)OCCCC. The van der Waals surface area contributed by atoms with Crippen molar-refractivity contribution in [2.75, 3.05) is 13.2 Å². The molecule has 0 aromatic carbocycles. The van der Waals surface area contributed by atoms with Gasteiger partial charge < -0.3 is 19.7 Å². The van der Waals surface area contributed by atoms with Gasteiger partial charge in [0.15, 0.2) is 6.04 Å². The first kappa shape index (κ1) is 25.0. The summed E-state index contributed by atoms with van der Waals surface area (Å²) in [5, 5.41) is 9.38. The average Bonchev–Trinajstić information content (AvgIpc) is 2.65. The summed E-state index contributed by atoms with van der Waals surface area (Å²) in [6.07, 6.45) is 1.95. The minimum absolute atomic E-state index is 0.191. The summed E-state index contributed by atoms with van der Waals surface area (Å²) in [6.45, 7) is 10.1. The lowest BCUT2D eigenvalue weighted by molar-refractivity contribution is -0.156. The molecule has 0 aliphatic carbocycles. The number of rotatable bonds is 12. The predicted molar refractivity (Wildman–Crippen MR) is 107 cm³/mol. The molecule has 1 heterocycles. The number of carboxylic acid groups (broad SMARTS) is 1. The van der Waals surface area contributed by atoms with E-state index in [1.807, 2.05) is 6.92 Å². The third-order valence-electron chi connectivity index (χ3n) is 4.73. The highest BCUT2D eigenvalue weighted by Gasteiger charge is 2.58. The number of ether oxygens (including phenoxy) is 1. The number of likely N-dealkylation sites (tertiary alicyclic amines) is 1. The van der Waals surface area contributed by atoms with Crippen molar-refractivity contribution >= 4 is 34.9 Å². The molecule has 5 unspecified atom stereocenters. The van der Waals surface area contributed by atoms with Crippen LogP contribution in [-0.4, -0.2) is 68.1 Å². The zero-order chi connectivity index (χ0) is 22.3. The smallest absolute Gasteiger partial charge is 0.359 e. The average molecular weight is 431 g/mol. The highest BCUT2D eigenvalue weighted by Crippen LogP contribution is 2.29. The van der Waals surface area contributed by atoms with Gasteiger partial charge in [0.05, 0.1) is 12.5 Å². The van der Waals surface area contributed by atoms with E-state index in [4.69, 9.17) is 9.84 Å². The molecule has 0 radical (unpaired) electrons. The molecule has 1 rings (SSSR count). The first-order valence-electron chi connectivity index (χ1n) is 9.60. The number of hydrogen-bond donors (Lipinski definition) is 2. The highest BCUT2D eigenvalue weighted by atomic mass is 32.2. The Kier molecular flexibility index (Phi) is 9.64. The number of nitrogens with one attached hydrogen (secondary N) is 1. The van der Waals surface area contributed by atoms with E-state index in [0.29, 0.717) is 18.4 Å². The van der Waals surface area contributed by atoms with Gasteiger partial charge in [-0.25, -0.2) is 4.79 Å². The van der Waals surface area contributed by atoms with E-state index in [2.05, 4.69) is 11.9 Å². The first-order chi connectivity index (χ1) is 13.6. The number of aliphatic carboxylic acids is 1. The van der Waals surface area contributed by atoms with Crippen molar-refractivity contribution in [2.24, 2.45) is 5.92 Å². The summed E-state index contributed by atoms with van der Waals surface area (Å²) >= 11 is -1.97. The lowest BCUT2D eigenvalue weighted by Crippen LogP contribution is -2.75. The molecule has 0 spiro atoms. The Morgan fingerprint density at radius 2 is 2.00 bits per heavy atom. The fourth-order valence-corrected chi connectivity index (χ4v) is 4.54. The van der Waals surface area contributed by atoms with Crippen LogP contribution in [0.25, 0.3) is 0 Å². The molecule has 0 saturated carbocycles. The van der Waals surface area contributed by atoms with E-state index in [-0.39, 0.29) is 6.61 Å². The molecule has 2 N–H and O–H groups in total. The second-order valence-electron chi connectivity index (χ2n) is 7.04. The van der Waals surface area contributed by atoms with Crippen LogP contribution < -0.4 is 5.32 Å². The van der Waals surface area contributed by atoms with E-state index in [1.54, 1.807) is 13.8 Å². The molecule has 10 heteroatoms. The molecule has 1 fully saturated rings. The van der Waals surface area contributed by atoms with E-state index in [9.17, 15) is 23.7 Å². The number of esters is 1. The van der Waals surface area contributed by atoms with Crippen LogP contribution in [0.15, 0.2) is 12.2 Å². The van der Waals surface area contributed by atoms with Crippen LogP contribution in [0.3, 0.4) is 0 Å². The van der Waals surface area contributed by atoms with Crippen molar-refractivity contribution in [3.63, 3.8) is 0 Å². The van der Waals surface area contributed by atoms with Crippen LogP contribution in [0.5, 0.6) is 0 Å². The Labute approximate surface area is 174 Å². The zero-order valence-corrected chi connectivity index (χ0v) is 18.1. The van der Waals surface area contributed by atoms with E-state index < -0.39 is 64.1 Å². The third-order valence-corrected chi connectivity index (χ3v) is 6.62. The van der Waals surface area contributed by atoms with E-state index in [0.717, 1.165) is 11.3 Å². The van der Waals surface area contributed by atoms with Gasteiger partial charge in [-0.3, -0.25) is 19.3 Å². The maximum atomic E-state index is 13.0. The molecule has 1 aliphatic heterocycles. The summed E-state index contributed by atoms with van der Waals surface area (Å²) in [5.41, 5.74) is 0.615. The molecular weight excluding hydrogens is 400 g/mol. The zero-order valence-electron chi connectivity index (χ0n) is 17.3. The van der Waals surface area contributed by atoms with Crippen molar-refractivity contribution in [3.8, 4) is 0 Å². The van der Waals surface area contributed by atoms with Crippen LogP contribution in [0.4, 0.5) is 0 Å². The minimum atomic E-state index is -1.97. The van der Waals surface area contributed by atoms with Gasteiger partial charge in [-0.2, -0.15) is 0 Å². The molecule has 29 heavy (non-hydrogen) atoms. The number of carboxylic acids is 1. The number of β-lactam (4-membered cyclic amide) rings is 1. The second-order valence-corrected chi connectivity index (χ2v) is 8.88. The molecule has 0 aromatic heterocycles. The first-order valence-corrected chi connectivity index (χ1v) is 10.9. The van der Waals surface area contributed by atoms with Gasteiger partial charge in [-0.15, -0.1) is 0 Å². The standard InChI is InChI=1S/C19H30N2O7S/c1-6-8-9-28-19(26)12(5)29(27)18-15(17(25)21(18)10-14(22)23)20-16(24)13(7-2)11(3)4/h12-13,15,18H,3,6-10H2,1-2,4-5H3,(H,20,24)(H,22,23). The minimum Gasteiger partial charge on any atom is -0.614 e. The maximum Gasteiger partial charge on any atom is 0.359 e. The Balaban J connectivity index is 2.96. The van der Waals surface area contributed by atoms with Crippen LogP contribution >= 0.6 is 0 Å². The molecule has 1 saturated heterocycles. The Morgan fingerprint density at radius 1 is 1.38 bits per heavy atom. The highest BCUT2D eigenvalue weighted by molar-refractivity contribution is 7.93. The van der Waals surface area contributed by atoms with Crippen molar-refractivity contribution in [2.45, 2.75) is 63.6 Å². The lowest BCUT2D eigenvalue weighted by Gasteiger charge is -2.46. The molecular formula is C19H30N2O7S. The van der Waals surface area contributed by atoms with Crippen molar-refractivity contribution in [1.82, 2.24) is 10.2 Å². The molecule has 0 aromatic rings. The van der Waals surface area contributed by atoms with Gasteiger partial charge in [0.25, 0.3) is 5.91 Å². The Bertz CT molecular complexity index is 654. The Morgan fingerprint density at radius 3 is 2.48 bits per heavy atom. The second kappa shape index (κ2) is 11.2. The largest absolute Gasteiger partial charge is 0.614 e. The molecule has 164 valence electrons. The number of carbonyl (C=O) groups excluding carboxylic acids is 3. The fraction of sp³-hybridized carbons (Fsp3) is 0.684. The van der Waals surface area contributed by atoms with Crippen molar-refractivity contribution < 1.29 is 33.6 Å². The summed E-state index contributed by atoms with van der Waals surface area (Å²) in [5.74, 6) is -3.60. The van der Waals surface area contributed by atoms with Gasteiger partial charge in [0.1, 0.15) is 6.54 Å². The molecule has 2 amide bonds. The number of hydrogen-bond acceptors (Lipinski definition) is 6. The Hall–Kier alpha value is -2.07. The molecule has 0 bridgehead atoms. The van der Waals surface area contributed by atoms with Gasteiger partial charge in [0, 0.05) is 0 Å². The van der Waals surface area contributed by atoms with Gasteiger partial charge in [-0.1, -0.05) is 32.4 Å². The van der Waals surface area contributed by atoms with Crippen molar-refractivity contribution in [1.29, 1.82) is 0 Å². The normalized spacial score (nSPS) is 21.6. The quantitative estimate of drug-likeness (QED) is 0.154.